The number of rotatable bonds is 9. The molecule has 8 heteroatoms. The topological polar surface area (TPSA) is 96.0 Å². The van der Waals surface area contributed by atoms with Crippen LogP contribution in [0.15, 0.2) is 24.3 Å². The van der Waals surface area contributed by atoms with Crippen molar-refractivity contribution >= 4 is 23.7 Å². The standard InChI is InChI=1S/C18H21FO7/c1-4-25-17(22)15(18(23)26-5-2)13(10-14(20)16(21)24-3)11-6-8-12(19)9-7-11/h6-9,13,15H,4-5,10H2,1-3H3. The second-order valence-corrected chi connectivity index (χ2v) is 5.26. The fourth-order valence-electron chi connectivity index (χ4n) is 2.42. The molecule has 0 spiro atoms. The highest BCUT2D eigenvalue weighted by Crippen LogP contribution is 2.31. The van der Waals surface area contributed by atoms with Gasteiger partial charge in [0.15, 0.2) is 5.92 Å². The molecule has 0 amide bonds. The molecular weight excluding hydrogens is 347 g/mol. The lowest BCUT2D eigenvalue weighted by Gasteiger charge is -2.24. The molecule has 0 aromatic heterocycles. The van der Waals surface area contributed by atoms with Crippen LogP contribution >= 0.6 is 0 Å². The van der Waals surface area contributed by atoms with E-state index in [2.05, 4.69) is 4.74 Å². The monoisotopic (exact) mass is 368 g/mol. The van der Waals surface area contributed by atoms with E-state index in [1.54, 1.807) is 13.8 Å². The van der Waals surface area contributed by atoms with E-state index in [1.807, 2.05) is 0 Å². The lowest BCUT2D eigenvalue weighted by Crippen LogP contribution is -2.35. The highest BCUT2D eigenvalue weighted by atomic mass is 19.1. The molecule has 26 heavy (non-hydrogen) atoms. The third-order valence-electron chi connectivity index (χ3n) is 3.60. The Morgan fingerprint density at radius 1 is 0.962 bits per heavy atom. The van der Waals surface area contributed by atoms with Gasteiger partial charge in [0.2, 0.25) is 5.78 Å². The number of methoxy groups -OCH3 is 1. The third-order valence-corrected chi connectivity index (χ3v) is 3.60. The first-order valence-corrected chi connectivity index (χ1v) is 8.05. The molecular formula is C18H21FO7. The fourth-order valence-corrected chi connectivity index (χ4v) is 2.42. The van der Waals surface area contributed by atoms with Gasteiger partial charge in [0.25, 0.3) is 0 Å². The summed E-state index contributed by atoms with van der Waals surface area (Å²) in [5.41, 5.74) is 0.315. The minimum Gasteiger partial charge on any atom is -0.465 e. The first-order chi connectivity index (χ1) is 12.3. The van der Waals surface area contributed by atoms with Crippen LogP contribution in [0.3, 0.4) is 0 Å². The Morgan fingerprint density at radius 2 is 1.46 bits per heavy atom. The van der Waals surface area contributed by atoms with Crippen LogP contribution < -0.4 is 0 Å². The van der Waals surface area contributed by atoms with E-state index < -0.39 is 47.8 Å². The SMILES string of the molecule is CCOC(=O)C(C(=O)OCC)C(CC(=O)C(=O)OC)c1ccc(F)cc1. The molecule has 7 nitrogen and oxygen atoms in total. The van der Waals surface area contributed by atoms with E-state index in [0.717, 1.165) is 19.2 Å². The van der Waals surface area contributed by atoms with Crippen LogP contribution in [-0.2, 0) is 33.4 Å². The molecule has 1 unspecified atom stereocenters. The first-order valence-electron chi connectivity index (χ1n) is 8.05. The van der Waals surface area contributed by atoms with Crippen LogP contribution in [0.1, 0.15) is 31.7 Å². The number of benzene rings is 1. The lowest BCUT2D eigenvalue weighted by atomic mass is 9.82. The molecule has 0 saturated carbocycles. The van der Waals surface area contributed by atoms with Crippen molar-refractivity contribution in [2.24, 2.45) is 5.92 Å². The Morgan fingerprint density at radius 3 is 1.88 bits per heavy atom. The molecule has 0 heterocycles. The number of hydrogen-bond acceptors (Lipinski definition) is 7. The normalized spacial score (nSPS) is 11.6. The number of halogens is 1. The van der Waals surface area contributed by atoms with E-state index in [-0.39, 0.29) is 13.2 Å². The van der Waals surface area contributed by atoms with Gasteiger partial charge >= 0.3 is 17.9 Å². The van der Waals surface area contributed by atoms with E-state index in [4.69, 9.17) is 9.47 Å². The molecule has 0 bridgehead atoms. The molecule has 0 aliphatic carbocycles. The molecule has 0 saturated heterocycles. The number of hydrogen-bond donors (Lipinski definition) is 0. The zero-order valence-electron chi connectivity index (χ0n) is 14.8. The van der Waals surface area contributed by atoms with Gasteiger partial charge in [-0.2, -0.15) is 0 Å². The van der Waals surface area contributed by atoms with Gasteiger partial charge in [0.1, 0.15) is 5.82 Å². The summed E-state index contributed by atoms with van der Waals surface area (Å²) in [7, 11) is 1.04. The van der Waals surface area contributed by atoms with Crippen LogP contribution in [0.25, 0.3) is 0 Å². The fraction of sp³-hybridized carbons (Fsp3) is 0.444. The van der Waals surface area contributed by atoms with E-state index in [9.17, 15) is 23.6 Å². The Hall–Kier alpha value is -2.77. The first kappa shape index (κ1) is 21.3. The summed E-state index contributed by atoms with van der Waals surface area (Å²) in [4.78, 5) is 48.2. The van der Waals surface area contributed by atoms with Crippen molar-refractivity contribution in [2.75, 3.05) is 20.3 Å². The van der Waals surface area contributed by atoms with Crippen LogP contribution in [0.2, 0.25) is 0 Å². The summed E-state index contributed by atoms with van der Waals surface area (Å²) in [6.45, 7) is 3.14. The Balaban J connectivity index is 3.33. The molecule has 142 valence electrons. The van der Waals surface area contributed by atoms with Crippen molar-refractivity contribution in [2.45, 2.75) is 26.2 Å². The lowest BCUT2D eigenvalue weighted by molar-refractivity contribution is -0.163. The molecule has 1 rings (SSSR count). The van der Waals surface area contributed by atoms with Gasteiger partial charge in [-0.05, 0) is 31.5 Å². The van der Waals surface area contributed by atoms with Gasteiger partial charge in [-0.25, -0.2) is 9.18 Å². The zero-order chi connectivity index (χ0) is 19.7. The van der Waals surface area contributed by atoms with Crippen LogP contribution in [0.5, 0.6) is 0 Å². The van der Waals surface area contributed by atoms with Gasteiger partial charge in [0.05, 0.1) is 20.3 Å². The van der Waals surface area contributed by atoms with Crippen molar-refractivity contribution in [3.8, 4) is 0 Å². The summed E-state index contributed by atoms with van der Waals surface area (Å²) >= 11 is 0. The van der Waals surface area contributed by atoms with Gasteiger partial charge in [-0.1, -0.05) is 12.1 Å². The molecule has 1 aromatic carbocycles. The minimum atomic E-state index is -1.48. The van der Waals surface area contributed by atoms with Crippen LogP contribution in [0.4, 0.5) is 4.39 Å². The van der Waals surface area contributed by atoms with Crippen molar-refractivity contribution in [1.82, 2.24) is 0 Å². The van der Waals surface area contributed by atoms with Crippen molar-refractivity contribution in [3.63, 3.8) is 0 Å². The molecule has 0 fully saturated rings. The summed E-state index contributed by atoms with van der Waals surface area (Å²) in [5.74, 6) is -6.90. The summed E-state index contributed by atoms with van der Waals surface area (Å²) in [6.07, 6.45) is -0.499. The largest absolute Gasteiger partial charge is 0.465 e. The molecule has 1 aromatic rings. The second-order valence-electron chi connectivity index (χ2n) is 5.26. The third kappa shape index (κ3) is 5.65. The molecule has 0 N–H and O–H groups in total. The maximum Gasteiger partial charge on any atom is 0.374 e. The molecule has 1 atom stereocenters. The van der Waals surface area contributed by atoms with E-state index in [1.165, 1.54) is 12.1 Å². The molecule has 0 aliphatic rings. The average Bonchev–Trinajstić information content (AvgIpc) is 2.61. The highest BCUT2D eigenvalue weighted by molar-refractivity contribution is 6.33. The number of Topliss-reactive ketones (excluding diaryl/α,β-unsaturated/α-hetero) is 1. The van der Waals surface area contributed by atoms with Gasteiger partial charge in [0, 0.05) is 12.3 Å². The zero-order valence-corrected chi connectivity index (χ0v) is 14.8. The summed E-state index contributed by atoms with van der Waals surface area (Å²) in [5, 5.41) is 0. The highest BCUT2D eigenvalue weighted by Gasteiger charge is 2.40. The van der Waals surface area contributed by atoms with Crippen molar-refractivity contribution < 1.29 is 37.8 Å². The Labute approximate surface area is 150 Å². The van der Waals surface area contributed by atoms with Crippen LogP contribution in [-0.4, -0.2) is 44.0 Å². The predicted molar refractivity (Wildman–Crippen MR) is 87.5 cm³/mol. The smallest absolute Gasteiger partial charge is 0.374 e. The van der Waals surface area contributed by atoms with Crippen LogP contribution in [0, 0.1) is 11.7 Å². The maximum absolute atomic E-state index is 13.2. The second kappa shape index (κ2) is 10.3. The van der Waals surface area contributed by atoms with Crippen molar-refractivity contribution in [3.05, 3.63) is 35.6 Å². The van der Waals surface area contributed by atoms with E-state index >= 15 is 0 Å². The molecule has 0 aliphatic heterocycles. The predicted octanol–water partition coefficient (Wildman–Crippen LogP) is 1.78. The minimum absolute atomic E-state index is 0.00975. The molecule has 0 radical (unpaired) electrons. The maximum atomic E-state index is 13.2. The van der Waals surface area contributed by atoms with Gasteiger partial charge < -0.3 is 14.2 Å². The summed E-state index contributed by atoms with van der Waals surface area (Å²) in [6, 6.07) is 4.91. The van der Waals surface area contributed by atoms with E-state index in [0.29, 0.717) is 5.56 Å². The number of carbonyl (C=O) groups excluding carboxylic acids is 4. The Kier molecular flexibility index (Phi) is 8.41. The van der Waals surface area contributed by atoms with Crippen molar-refractivity contribution in [1.29, 1.82) is 0 Å². The number of ketones is 1. The number of carbonyl (C=O) groups is 4. The number of ether oxygens (including phenoxy) is 3. The Bertz CT molecular complexity index is 636. The van der Waals surface area contributed by atoms with Gasteiger partial charge in [-0.15, -0.1) is 0 Å². The average molecular weight is 368 g/mol. The number of esters is 3. The summed E-state index contributed by atoms with van der Waals surface area (Å²) < 4.78 is 27.5. The van der Waals surface area contributed by atoms with Gasteiger partial charge in [-0.3, -0.25) is 14.4 Å². The quantitative estimate of drug-likeness (QED) is 0.284.